The number of carbonyl (C=O) groups excluding carboxylic acids is 1. The SMILES string of the molecule is CC(C)(C)c1cc(NC(=O)C2CCOC2)no1. The number of aromatic nitrogens is 1. The topological polar surface area (TPSA) is 64.4 Å². The maximum Gasteiger partial charge on any atom is 0.231 e. The van der Waals surface area contributed by atoms with Crippen LogP contribution in [0.25, 0.3) is 0 Å². The van der Waals surface area contributed by atoms with E-state index in [1.165, 1.54) is 0 Å². The predicted octanol–water partition coefficient (Wildman–Crippen LogP) is 1.95. The molecule has 17 heavy (non-hydrogen) atoms. The summed E-state index contributed by atoms with van der Waals surface area (Å²) in [5, 5.41) is 6.60. The summed E-state index contributed by atoms with van der Waals surface area (Å²) in [5.74, 6) is 1.13. The fraction of sp³-hybridized carbons (Fsp3) is 0.667. The van der Waals surface area contributed by atoms with Gasteiger partial charge in [-0.3, -0.25) is 4.79 Å². The van der Waals surface area contributed by atoms with Gasteiger partial charge in [0.05, 0.1) is 12.5 Å². The molecule has 2 heterocycles. The molecule has 0 radical (unpaired) electrons. The Morgan fingerprint density at radius 3 is 2.82 bits per heavy atom. The van der Waals surface area contributed by atoms with E-state index < -0.39 is 0 Å². The maximum absolute atomic E-state index is 11.8. The quantitative estimate of drug-likeness (QED) is 0.855. The van der Waals surface area contributed by atoms with Crippen LogP contribution in [0.15, 0.2) is 10.6 Å². The van der Waals surface area contributed by atoms with Gasteiger partial charge in [-0.1, -0.05) is 25.9 Å². The molecule has 1 aliphatic rings. The third kappa shape index (κ3) is 2.85. The van der Waals surface area contributed by atoms with Gasteiger partial charge in [0.25, 0.3) is 0 Å². The number of ether oxygens (including phenoxy) is 1. The first-order chi connectivity index (χ1) is 7.97. The number of amides is 1. The van der Waals surface area contributed by atoms with Gasteiger partial charge < -0.3 is 14.6 Å². The van der Waals surface area contributed by atoms with Crippen molar-refractivity contribution in [1.82, 2.24) is 5.16 Å². The largest absolute Gasteiger partial charge is 0.381 e. The maximum atomic E-state index is 11.8. The van der Waals surface area contributed by atoms with Crippen LogP contribution in [0.4, 0.5) is 5.82 Å². The van der Waals surface area contributed by atoms with Crippen molar-refractivity contribution in [3.63, 3.8) is 0 Å². The van der Waals surface area contributed by atoms with Gasteiger partial charge in [-0.05, 0) is 6.42 Å². The lowest BCUT2D eigenvalue weighted by Gasteiger charge is -2.12. The van der Waals surface area contributed by atoms with Crippen molar-refractivity contribution >= 4 is 11.7 Å². The van der Waals surface area contributed by atoms with E-state index in [0.29, 0.717) is 19.0 Å². The van der Waals surface area contributed by atoms with Crippen molar-refractivity contribution in [3.05, 3.63) is 11.8 Å². The average Bonchev–Trinajstić information content (AvgIpc) is 2.85. The molecule has 0 spiro atoms. The molecule has 0 aliphatic carbocycles. The van der Waals surface area contributed by atoms with E-state index in [4.69, 9.17) is 9.26 Å². The number of anilines is 1. The molecule has 1 aromatic heterocycles. The molecule has 1 aliphatic heterocycles. The highest BCUT2D eigenvalue weighted by Gasteiger charge is 2.25. The standard InChI is InChI=1S/C12H18N2O3/c1-12(2,3)9-6-10(14-17-9)13-11(15)8-4-5-16-7-8/h6,8H,4-5,7H2,1-3H3,(H,13,14,15). The fourth-order valence-corrected chi connectivity index (χ4v) is 1.66. The van der Waals surface area contributed by atoms with E-state index in [-0.39, 0.29) is 17.2 Å². The second-order valence-corrected chi connectivity index (χ2v) is 5.38. The van der Waals surface area contributed by atoms with E-state index in [0.717, 1.165) is 12.2 Å². The van der Waals surface area contributed by atoms with Crippen LogP contribution >= 0.6 is 0 Å². The number of hydrogen-bond donors (Lipinski definition) is 1. The molecule has 5 nitrogen and oxygen atoms in total. The zero-order valence-corrected chi connectivity index (χ0v) is 10.4. The Morgan fingerprint density at radius 1 is 1.53 bits per heavy atom. The van der Waals surface area contributed by atoms with Gasteiger partial charge >= 0.3 is 0 Å². The highest BCUT2D eigenvalue weighted by atomic mass is 16.5. The summed E-state index contributed by atoms with van der Waals surface area (Å²) in [4.78, 5) is 11.8. The highest BCUT2D eigenvalue weighted by molar-refractivity contribution is 5.91. The molecule has 1 amide bonds. The number of rotatable bonds is 2. The van der Waals surface area contributed by atoms with Crippen LogP contribution in [0.2, 0.25) is 0 Å². The highest BCUT2D eigenvalue weighted by Crippen LogP contribution is 2.25. The molecule has 0 saturated carbocycles. The second kappa shape index (κ2) is 4.49. The smallest absolute Gasteiger partial charge is 0.231 e. The first-order valence-corrected chi connectivity index (χ1v) is 5.82. The van der Waals surface area contributed by atoms with Crippen LogP contribution in [0.3, 0.4) is 0 Å². The van der Waals surface area contributed by atoms with Gasteiger partial charge in [-0.2, -0.15) is 0 Å². The summed E-state index contributed by atoms with van der Waals surface area (Å²) < 4.78 is 10.4. The van der Waals surface area contributed by atoms with E-state index >= 15 is 0 Å². The summed E-state index contributed by atoms with van der Waals surface area (Å²) in [7, 11) is 0. The zero-order valence-electron chi connectivity index (χ0n) is 10.4. The normalized spacial score (nSPS) is 20.5. The Hall–Kier alpha value is -1.36. The molecular weight excluding hydrogens is 220 g/mol. The third-order valence-corrected chi connectivity index (χ3v) is 2.80. The van der Waals surface area contributed by atoms with Crippen molar-refractivity contribution < 1.29 is 14.1 Å². The Bertz CT molecular complexity index is 400. The first-order valence-electron chi connectivity index (χ1n) is 5.82. The van der Waals surface area contributed by atoms with Crippen LogP contribution in [0.5, 0.6) is 0 Å². The number of carbonyl (C=O) groups is 1. The summed E-state index contributed by atoms with van der Waals surface area (Å²) in [6.45, 7) is 7.25. The molecule has 1 atom stereocenters. The molecule has 5 heteroatoms. The van der Waals surface area contributed by atoms with Crippen molar-refractivity contribution in [1.29, 1.82) is 0 Å². The van der Waals surface area contributed by atoms with Crippen molar-refractivity contribution in [2.45, 2.75) is 32.6 Å². The summed E-state index contributed by atoms with van der Waals surface area (Å²) in [5.41, 5.74) is -0.105. The lowest BCUT2D eigenvalue weighted by Crippen LogP contribution is -2.22. The summed E-state index contributed by atoms with van der Waals surface area (Å²) >= 11 is 0. The van der Waals surface area contributed by atoms with E-state index in [2.05, 4.69) is 10.5 Å². The summed E-state index contributed by atoms with van der Waals surface area (Å²) in [6.07, 6.45) is 0.774. The molecule has 1 aromatic rings. The molecule has 0 bridgehead atoms. The van der Waals surface area contributed by atoms with E-state index in [1.807, 2.05) is 20.8 Å². The number of hydrogen-bond acceptors (Lipinski definition) is 4. The van der Waals surface area contributed by atoms with Gasteiger partial charge in [0.1, 0.15) is 5.76 Å². The molecule has 94 valence electrons. The molecular formula is C12H18N2O3. The van der Waals surface area contributed by atoms with Crippen LogP contribution in [0.1, 0.15) is 33.0 Å². The van der Waals surface area contributed by atoms with Gasteiger partial charge in [0.2, 0.25) is 5.91 Å². The average molecular weight is 238 g/mol. The van der Waals surface area contributed by atoms with Crippen LogP contribution in [0, 0.1) is 5.92 Å². The molecule has 1 saturated heterocycles. The Morgan fingerprint density at radius 2 is 2.29 bits per heavy atom. The van der Waals surface area contributed by atoms with Gasteiger partial charge in [-0.15, -0.1) is 0 Å². The van der Waals surface area contributed by atoms with Gasteiger partial charge in [0, 0.05) is 18.1 Å². The lowest BCUT2D eigenvalue weighted by atomic mass is 9.93. The molecule has 1 unspecified atom stereocenters. The minimum Gasteiger partial charge on any atom is -0.381 e. The Kier molecular flexibility index (Phi) is 3.19. The number of nitrogens with zero attached hydrogens (tertiary/aromatic N) is 1. The second-order valence-electron chi connectivity index (χ2n) is 5.38. The van der Waals surface area contributed by atoms with Crippen LogP contribution in [-0.4, -0.2) is 24.3 Å². The minimum atomic E-state index is -0.105. The van der Waals surface area contributed by atoms with Crippen LogP contribution in [-0.2, 0) is 14.9 Å². The van der Waals surface area contributed by atoms with Crippen molar-refractivity contribution in [2.24, 2.45) is 5.92 Å². The molecule has 1 N–H and O–H groups in total. The lowest BCUT2D eigenvalue weighted by molar-refractivity contribution is -0.119. The Labute approximate surface area is 101 Å². The van der Waals surface area contributed by atoms with Crippen LogP contribution < -0.4 is 5.32 Å². The molecule has 1 fully saturated rings. The summed E-state index contributed by atoms with van der Waals surface area (Å²) in [6, 6.07) is 1.77. The first kappa shape index (κ1) is 12.1. The van der Waals surface area contributed by atoms with Crippen molar-refractivity contribution in [3.8, 4) is 0 Å². The third-order valence-electron chi connectivity index (χ3n) is 2.80. The number of nitrogens with one attached hydrogen (secondary N) is 1. The molecule has 2 rings (SSSR count). The van der Waals surface area contributed by atoms with Crippen molar-refractivity contribution in [2.75, 3.05) is 18.5 Å². The fourth-order valence-electron chi connectivity index (χ4n) is 1.66. The Balaban J connectivity index is 1.99. The zero-order chi connectivity index (χ0) is 12.5. The van der Waals surface area contributed by atoms with Gasteiger partial charge in [0.15, 0.2) is 5.82 Å². The monoisotopic (exact) mass is 238 g/mol. The van der Waals surface area contributed by atoms with E-state index in [1.54, 1.807) is 6.07 Å². The van der Waals surface area contributed by atoms with Gasteiger partial charge in [-0.25, -0.2) is 0 Å². The minimum absolute atomic E-state index is 0.0451. The predicted molar refractivity (Wildman–Crippen MR) is 62.8 cm³/mol. The van der Waals surface area contributed by atoms with E-state index in [9.17, 15) is 4.79 Å². The molecule has 0 aromatic carbocycles.